The van der Waals surface area contributed by atoms with E-state index in [1.165, 1.54) is 6.42 Å². The van der Waals surface area contributed by atoms with Gasteiger partial charge in [-0.1, -0.05) is 66.7 Å². The smallest absolute Gasteiger partial charge is 0.242 e. The molecule has 1 atom stereocenters. The number of para-hydroxylation sites is 1. The van der Waals surface area contributed by atoms with Crippen LogP contribution >= 0.6 is 23.2 Å². The van der Waals surface area contributed by atoms with Gasteiger partial charge in [-0.3, -0.25) is 9.59 Å². The van der Waals surface area contributed by atoms with E-state index in [-0.39, 0.29) is 30.8 Å². The Morgan fingerprint density at radius 2 is 1.70 bits per heavy atom. The number of hydrogen-bond acceptors (Lipinski definition) is 3. The van der Waals surface area contributed by atoms with Gasteiger partial charge in [0, 0.05) is 34.6 Å². The van der Waals surface area contributed by atoms with Gasteiger partial charge in [0.2, 0.25) is 11.8 Å². The second-order valence-corrected chi connectivity index (χ2v) is 9.32. The molecule has 1 aliphatic carbocycles. The van der Waals surface area contributed by atoms with Crippen LogP contribution in [0.1, 0.15) is 57.4 Å². The average Bonchev–Trinajstić information content (AvgIpc) is 2.82. The van der Waals surface area contributed by atoms with Crippen molar-refractivity contribution in [3.05, 3.63) is 64.1 Å². The van der Waals surface area contributed by atoms with Crippen molar-refractivity contribution in [1.29, 1.82) is 0 Å². The zero-order chi connectivity index (χ0) is 23.6. The molecule has 1 fully saturated rings. The van der Waals surface area contributed by atoms with Crippen molar-refractivity contribution in [3.8, 4) is 5.75 Å². The van der Waals surface area contributed by atoms with Crippen molar-refractivity contribution in [3.63, 3.8) is 0 Å². The summed E-state index contributed by atoms with van der Waals surface area (Å²) in [4.78, 5) is 27.8. The molecule has 33 heavy (non-hydrogen) atoms. The van der Waals surface area contributed by atoms with Crippen LogP contribution in [-0.2, 0) is 16.1 Å². The third-order valence-electron chi connectivity index (χ3n) is 6.06. The molecular formula is C26H32Cl2N2O3. The van der Waals surface area contributed by atoms with E-state index >= 15 is 0 Å². The first-order chi connectivity index (χ1) is 16.0. The first-order valence-corrected chi connectivity index (χ1v) is 12.4. The highest BCUT2D eigenvalue weighted by Crippen LogP contribution is 2.27. The number of ether oxygens (including phenoxy) is 1. The number of benzene rings is 2. The first-order valence-electron chi connectivity index (χ1n) is 11.7. The molecule has 1 saturated carbocycles. The molecule has 0 spiro atoms. The van der Waals surface area contributed by atoms with Gasteiger partial charge in [0.1, 0.15) is 11.8 Å². The molecule has 2 aromatic carbocycles. The second-order valence-electron chi connectivity index (χ2n) is 8.51. The van der Waals surface area contributed by atoms with E-state index in [4.69, 9.17) is 27.9 Å². The van der Waals surface area contributed by atoms with Gasteiger partial charge in [-0.15, -0.1) is 0 Å². The third-order valence-corrected chi connectivity index (χ3v) is 6.76. The molecule has 1 N–H and O–H groups in total. The summed E-state index contributed by atoms with van der Waals surface area (Å²) in [6, 6.07) is 14.3. The molecule has 0 bridgehead atoms. The highest BCUT2D eigenvalue weighted by Gasteiger charge is 2.28. The summed E-state index contributed by atoms with van der Waals surface area (Å²) in [7, 11) is 0. The second kappa shape index (κ2) is 12.9. The molecule has 1 aliphatic rings. The van der Waals surface area contributed by atoms with Gasteiger partial charge in [0.25, 0.3) is 0 Å². The lowest BCUT2D eigenvalue weighted by molar-refractivity contribution is -0.141. The predicted octanol–water partition coefficient (Wildman–Crippen LogP) is 6.02. The largest absolute Gasteiger partial charge is 0.494 e. The third kappa shape index (κ3) is 7.65. The maximum Gasteiger partial charge on any atom is 0.242 e. The van der Waals surface area contributed by atoms with Crippen molar-refractivity contribution < 1.29 is 14.3 Å². The van der Waals surface area contributed by atoms with E-state index < -0.39 is 6.04 Å². The molecule has 0 heterocycles. The normalized spacial score (nSPS) is 15.0. The maximum atomic E-state index is 13.2. The molecule has 0 aliphatic heterocycles. The highest BCUT2D eigenvalue weighted by molar-refractivity contribution is 6.36. The fourth-order valence-electron chi connectivity index (χ4n) is 4.08. The van der Waals surface area contributed by atoms with Crippen LogP contribution in [0.5, 0.6) is 5.75 Å². The van der Waals surface area contributed by atoms with Gasteiger partial charge >= 0.3 is 0 Å². The zero-order valence-electron chi connectivity index (χ0n) is 19.1. The Bertz CT molecular complexity index is 897. The molecular weight excluding hydrogens is 459 g/mol. The van der Waals surface area contributed by atoms with E-state index in [9.17, 15) is 9.59 Å². The van der Waals surface area contributed by atoms with Crippen LogP contribution in [0, 0.1) is 0 Å². The van der Waals surface area contributed by atoms with Crippen molar-refractivity contribution in [2.45, 2.75) is 70.5 Å². The summed E-state index contributed by atoms with van der Waals surface area (Å²) in [5.74, 6) is 0.498. The van der Waals surface area contributed by atoms with E-state index in [1.54, 1.807) is 30.0 Å². The Labute approximate surface area is 206 Å². The Hall–Kier alpha value is -2.24. The van der Waals surface area contributed by atoms with E-state index in [1.807, 2.05) is 30.3 Å². The summed E-state index contributed by atoms with van der Waals surface area (Å²) in [5.41, 5.74) is 0.645. The van der Waals surface area contributed by atoms with Crippen molar-refractivity contribution in [2.75, 3.05) is 6.61 Å². The summed E-state index contributed by atoms with van der Waals surface area (Å²) >= 11 is 12.7. The molecule has 2 amide bonds. The Morgan fingerprint density at radius 3 is 2.36 bits per heavy atom. The van der Waals surface area contributed by atoms with Gasteiger partial charge < -0.3 is 15.0 Å². The fraction of sp³-hybridized carbons (Fsp3) is 0.462. The minimum absolute atomic E-state index is 0.131. The number of amides is 2. The van der Waals surface area contributed by atoms with E-state index in [0.29, 0.717) is 28.6 Å². The van der Waals surface area contributed by atoms with Crippen molar-refractivity contribution in [2.24, 2.45) is 0 Å². The number of rotatable bonds is 10. The molecule has 0 radical (unpaired) electrons. The number of halogens is 2. The Balaban J connectivity index is 1.65. The van der Waals surface area contributed by atoms with Crippen LogP contribution in [0.15, 0.2) is 48.5 Å². The van der Waals surface area contributed by atoms with E-state index in [0.717, 1.165) is 31.4 Å². The standard InChI is InChI=1S/C26H32Cl2N2O3/c1-19(26(32)29-20-10-4-2-5-11-20)30(18-22-23(27)14-8-15-24(22)28)25(31)16-9-17-33-21-12-6-3-7-13-21/h3,6-8,12-15,19-20H,2,4-5,9-11,16-18H2,1H3,(H,29,32)/t19-/m0/s1. The van der Waals surface area contributed by atoms with Crippen molar-refractivity contribution >= 4 is 35.0 Å². The van der Waals surface area contributed by atoms with Crippen LogP contribution in [0.3, 0.4) is 0 Å². The molecule has 5 nitrogen and oxygen atoms in total. The number of hydrogen-bond donors (Lipinski definition) is 1. The van der Waals surface area contributed by atoms with Crippen LogP contribution in [0.25, 0.3) is 0 Å². The zero-order valence-corrected chi connectivity index (χ0v) is 20.6. The molecule has 0 unspecified atom stereocenters. The summed E-state index contributed by atoms with van der Waals surface area (Å²) in [6.45, 7) is 2.36. The van der Waals surface area contributed by atoms with Crippen LogP contribution in [0.4, 0.5) is 0 Å². The van der Waals surface area contributed by atoms with Gasteiger partial charge in [-0.2, -0.15) is 0 Å². The molecule has 0 aromatic heterocycles. The number of carbonyl (C=O) groups excluding carboxylic acids is 2. The average molecular weight is 491 g/mol. The molecule has 178 valence electrons. The fourth-order valence-corrected chi connectivity index (χ4v) is 4.60. The topological polar surface area (TPSA) is 58.6 Å². The quantitative estimate of drug-likeness (QED) is 0.414. The minimum Gasteiger partial charge on any atom is -0.494 e. The summed E-state index contributed by atoms with van der Waals surface area (Å²) < 4.78 is 5.71. The van der Waals surface area contributed by atoms with E-state index in [2.05, 4.69) is 5.32 Å². The lowest BCUT2D eigenvalue weighted by Gasteiger charge is -2.31. The Kier molecular flexibility index (Phi) is 9.89. The van der Waals surface area contributed by atoms with Gasteiger partial charge in [0.05, 0.1) is 6.61 Å². The van der Waals surface area contributed by atoms with Crippen LogP contribution in [-0.4, -0.2) is 35.4 Å². The maximum absolute atomic E-state index is 13.2. The number of nitrogens with zero attached hydrogens (tertiary/aromatic N) is 1. The summed E-state index contributed by atoms with van der Waals surface area (Å²) in [5, 5.41) is 4.09. The van der Waals surface area contributed by atoms with Gasteiger partial charge in [-0.05, 0) is 50.5 Å². The first kappa shape index (κ1) is 25.4. The SMILES string of the molecule is C[C@@H](C(=O)NC1CCCCC1)N(Cc1c(Cl)cccc1Cl)C(=O)CCCOc1ccccc1. The number of carbonyl (C=O) groups is 2. The lowest BCUT2D eigenvalue weighted by atomic mass is 9.95. The van der Waals surface area contributed by atoms with Crippen molar-refractivity contribution in [1.82, 2.24) is 10.2 Å². The molecule has 3 rings (SSSR count). The predicted molar refractivity (Wildman–Crippen MR) is 133 cm³/mol. The lowest BCUT2D eigenvalue weighted by Crippen LogP contribution is -2.50. The summed E-state index contributed by atoms with van der Waals surface area (Å²) in [6.07, 6.45) is 6.23. The molecule has 7 heteroatoms. The minimum atomic E-state index is -0.637. The van der Waals surface area contributed by atoms with Gasteiger partial charge in [0.15, 0.2) is 0 Å². The molecule has 0 saturated heterocycles. The van der Waals surface area contributed by atoms with Gasteiger partial charge in [-0.25, -0.2) is 0 Å². The molecule has 2 aromatic rings. The van der Waals surface area contributed by atoms with Crippen LogP contribution < -0.4 is 10.1 Å². The van der Waals surface area contributed by atoms with Crippen LogP contribution in [0.2, 0.25) is 10.0 Å². The Morgan fingerprint density at radius 1 is 1.03 bits per heavy atom. The number of nitrogens with one attached hydrogen (secondary N) is 1. The highest BCUT2D eigenvalue weighted by atomic mass is 35.5. The monoisotopic (exact) mass is 490 g/mol.